The number of carboxylic acids is 1. The highest BCUT2D eigenvalue weighted by Crippen LogP contribution is 2.08. The van der Waals surface area contributed by atoms with Crippen molar-refractivity contribution < 1.29 is 24.2 Å². The van der Waals surface area contributed by atoms with E-state index in [0.29, 0.717) is 19.7 Å². The van der Waals surface area contributed by atoms with E-state index in [9.17, 15) is 9.59 Å². The fourth-order valence-electron chi connectivity index (χ4n) is 1.76. The maximum Gasteiger partial charge on any atom is 0.334 e. The number of nitrogens with zero attached hydrogens (tertiary/aromatic N) is 2. The molecule has 0 radical (unpaired) electrons. The zero-order valence-corrected chi connectivity index (χ0v) is 10.8. The van der Waals surface area contributed by atoms with Gasteiger partial charge in [-0.15, -0.1) is 0 Å². The van der Waals surface area contributed by atoms with Crippen LogP contribution in [0.15, 0.2) is 0 Å². The third-order valence-electron chi connectivity index (χ3n) is 2.78. The molecule has 1 unspecified atom stereocenters. The smallest absolute Gasteiger partial charge is 0.334 e. The van der Waals surface area contributed by atoms with Crippen LogP contribution in [0.25, 0.3) is 0 Å². The molecular weight excluding hydrogens is 240 g/mol. The summed E-state index contributed by atoms with van der Waals surface area (Å²) in [6, 6.07) is -0.166. The highest BCUT2D eigenvalue weighted by molar-refractivity contribution is 5.77. The number of ether oxygens (including phenoxy) is 2. The summed E-state index contributed by atoms with van der Waals surface area (Å²) >= 11 is 0. The van der Waals surface area contributed by atoms with Crippen molar-refractivity contribution in [3.63, 3.8) is 0 Å². The van der Waals surface area contributed by atoms with E-state index >= 15 is 0 Å². The summed E-state index contributed by atoms with van der Waals surface area (Å²) in [7, 11) is 3.31. The van der Waals surface area contributed by atoms with Gasteiger partial charge in [0.15, 0.2) is 6.10 Å². The topological polar surface area (TPSA) is 79.3 Å². The second-order valence-electron chi connectivity index (χ2n) is 4.19. The normalized spacial score (nSPS) is 19.7. The van der Waals surface area contributed by atoms with Gasteiger partial charge in [-0.3, -0.25) is 0 Å². The van der Waals surface area contributed by atoms with Crippen LogP contribution in [0.1, 0.15) is 6.42 Å². The van der Waals surface area contributed by atoms with Crippen molar-refractivity contribution in [2.45, 2.75) is 12.5 Å². The first kappa shape index (κ1) is 14.7. The molecule has 0 aromatic rings. The van der Waals surface area contributed by atoms with Crippen molar-refractivity contribution in [2.75, 3.05) is 47.0 Å². The zero-order valence-electron chi connectivity index (χ0n) is 10.8. The molecule has 1 rings (SSSR count). The van der Waals surface area contributed by atoms with Crippen molar-refractivity contribution in [2.24, 2.45) is 0 Å². The standard InChI is InChI=1S/C11H20N2O5/c1-12(4-3-6-17-2)11(16)13-5-7-18-9(8-13)10(14)15/h9H,3-8H2,1-2H3,(H,14,15). The van der Waals surface area contributed by atoms with Crippen LogP contribution < -0.4 is 0 Å². The Labute approximate surface area is 106 Å². The summed E-state index contributed by atoms with van der Waals surface area (Å²) in [5.74, 6) is -1.03. The predicted octanol–water partition coefficient (Wildman–Crippen LogP) is -0.140. The molecule has 1 saturated heterocycles. The summed E-state index contributed by atoms with van der Waals surface area (Å²) in [5, 5.41) is 8.86. The summed E-state index contributed by atoms with van der Waals surface area (Å²) in [4.78, 5) is 25.9. The third-order valence-corrected chi connectivity index (χ3v) is 2.78. The van der Waals surface area contributed by atoms with E-state index in [2.05, 4.69) is 0 Å². The van der Waals surface area contributed by atoms with Crippen LogP contribution >= 0.6 is 0 Å². The van der Waals surface area contributed by atoms with Crippen LogP contribution in [-0.4, -0.2) is 80.0 Å². The molecular formula is C11H20N2O5. The maximum absolute atomic E-state index is 12.0. The quantitative estimate of drug-likeness (QED) is 0.696. The third kappa shape index (κ3) is 4.15. The van der Waals surface area contributed by atoms with E-state index in [-0.39, 0.29) is 19.2 Å². The monoisotopic (exact) mass is 260 g/mol. The van der Waals surface area contributed by atoms with Gasteiger partial charge >= 0.3 is 12.0 Å². The van der Waals surface area contributed by atoms with Crippen LogP contribution in [0.3, 0.4) is 0 Å². The number of carboxylic acid groups (broad SMARTS) is 1. The zero-order chi connectivity index (χ0) is 13.5. The van der Waals surface area contributed by atoms with Crippen molar-refractivity contribution in [1.82, 2.24) is 9.80 Å². The Morgan fingerprint density at radius 3 is 2.89 bits per heavy atom. The molecule has 0 bridgehead atoms. The number of rotatable bonds is 5. The molecule has 0 aliphatic carbocycles. The number of morpholine rings is 1. The number of carbonyl (C=O) groups is 2. The lowest BCUT2D eigenvalue weighted by molar-refractivity contribution is -0.154. The first-order chi connectivity index (χ1) is 8.56. The lowest BCUT2D eigenvalue weighted by Crippen LogP contribution is -2.52. The van der Waals surface area contributed by atoms with Crippen LogP contribution in [0.2, 0.25) is 0 Å². The molecule has 0 aromatic heterocycles. The average Bonchev–Trinajstić information content (AvgIpc) is 2.38. The van der Waals surface area contributed by atoms with E-state index in [1.54, 1.807) is 19.1 Å². The number of carbonyl (C=O) groups excluding carboxylic acids is 1. The van der Waals surface area contributed by atoms with Gasteiger partial charge in [-0.25, -0.2) is 9.59 Å². The molecule has 0 spiro atoms. The second kappa shape index (κ2) is 7.17. The number of amides is 2. The van der Waals surface area contributed by atoms with E-state index in [1.807, 2.05) is 0 Å². The highest BCUT2D eigenvalue weighted by atomic mass is 16.5. The molecule has 1 aliphatic rings. The molecule has 0 aromatic carbocycles. The summed E-state index contributed by atoms with van der Waals surface area (Å²) < 4.78 is 9.98. The Morgan fingerprint density at radius 2 is 2.28 bits per heavy atom. The Bertz CT molecular complexity index is 297. The van der Waals surface area contributed by atoms with Gasteiger partial charge in [-0.2, -0.15) is 0 Å². The lowest BCUT2D eigenvalue weighted by atomic mass is 10.3. The SMILES string of the molecule is COCCCN(C)C(=O)N1CCOC(C(=O)O)C1. The van der Waals surface area contributed by atoms with Crippen molar-refractivity contribution >= 4 is 12.0 Å². The Balaban J connectivity index is 2.42. The first-order valence-corrected chi connectivity index (χ1v) is 5.89. The van der Waals surface area contributed by atoms with Gasteiger partial charge < -0.3 is 24.4 Å². The number of hydrogen-bond donors (Lipinski definition) is 1. The molecule has 1 atom stereocenters. The van der Waals surface area contributed by atoms with Gasteiger partial charge in [-0.1, -0.05) is 0 Å². The van der Waals surface area contributed by atoms with Gasteiger partial charge in [0.1, 0.15) is 0 Å². The fraction of sp³-hybridized carbons (Fsp3) is 0.818. The summed E-state index contributed by atoms with van der Waals surface area (Å²) in [6.07, 6.45) is -0.166. The van der Waals surface area contributed by atoms with Gasteiger partial charge in [0.2, 0.25) is 0 Å². The Morgan fingerprint density at radius 1 is 1.56 bits per heavy atom. The van der Waals surface area contributed by atoms with Crippen LogP contribution in [0, 0.1) is 0 Å². The Kier molecular flexibility index (Phi) is 5.87. The van der Waals surface area contributed by atoms with Crippen molar-refractivity contribution in [3.8, 4) is 0 Å². The number of methoxy groups -OCH3 is 1. The molecule has 1 heterocycles. The van der Waals surface area contributed by atoms with Gasteiger partial charge in [0, 0.05) is 33.9 Å². The average molecular weight is 260 g/mol. The van der Waals surface area contributed by atoms with E-state index in [0.717, 1.165) is 6.42 Å². The van der Waals surface area contributed by atoms with Gasteiger partial charge in [0.25, 0.3) is 0 Å². The lowest BCUT2D eigenvalue weighted by Gasteiger charge is -2.33. The number of urea groups is 1. The predicted molar refractivity (Wildman–Crippen MR) is 63.5 cm³/mol. The van der Waals surface area contributed by atoms with Crippen LogP contribution in [-0.2, 0) is 14.3 Å². The molecule has 18 heavy (non-hydrogen) atoms. The van der Waals surface area contributed by atoms with Gasteiger partial charge in [-0.05, 0) is 6.42 Å². The molecule has 1 aliphatic heterocycles. The molecule has 2 amide bonds. The summed E-state index contributed by atoms with van der Waals surface area (Å²) in [6.45, 7) is 1.97. The van der Waals surface area contributed by atoms with Crippen LogP contribution in [0.4, 0.5) is 4.79 Å². The van der Waals surface area contributed by atoms with Crippen LogP contribution in [0.5, 0.6) is 0 Å². The van der Waals surface area contributed by atoms with Crippen molar-refractivity contribution in [3.05, 3.63) is 0 Å². The largest absolute Gasteiger partial charge is 0.479 e. The molecule has 7 heteroatoms. The summed E-state index contributed by atoms with van der Waals surface area (Å²) in [5.41, 5.74) is 0. The molecule has 7 nitrogen and oxygen atoms in total. The second-order valence-corrected chi connectivity index (χ2v) is 4.19. The van der Waals surface area contributed by atoms with E-state index in [4.69, 9.17) is 14.6 Å². The molecule has 1 N–H and O–H groups in total. The minimum atomic E-state index is -1.03. The van der Waals surface area contributed by atoms with E-state index < -0.39 is 12.1 Å². The fourth-order valence-corrected chi connectivity index (χ4v) is 1.76. The van der Waals surface area contributed by atoms with Gasteiger partial charge in [0.05, 0.1) is 13.2 Å². The minimum Gasteiger partial charge on any atom is -0.479 e. The molecule has 104 valence electrons. The molecule has 1 fully saturated rings. The van der Waals surface area contributed by atoms with Crippen molar-refractivity contribution in [1.29, 1.82) is 0 Å². The highest BCUT2D eigenvalue weighted by Gasteiger charge is 2.30. The first-order valence-electron chi connectivity index (χ1n) is 5.89. The maximum atomic E-state index is 12.0. The molecule has 0 saturated carbocycles. The van der Waals surface area contributed by atoms with E-state index in [1.165, 1.54) is 4.90 Å². The minimum absolute atomic E-state index is 0.1000. The number of aliphatic carboxylic acids is 1. The number of hydrogen-bond acceptors (Lipinski definition) is 4. The Hall–Kier alpha value is -1.34.